The lowest BCUT2D eigenvalue weighted by molar-refractivity contribution is -0.137. The Labute approximate surface area is 191 Å². The Bertz CT molecular complexity index is 539. The highest BCUT2D eigenvalue weighted by molar-refractivity contribution is 6.74. The van der Waals surface area contributed by atoms with Crippen molar-refractivity contribution in [3.63, 3.8) is 0 Å². The maximum absolute atomic E-state index is 11.4. The number of rotatable bonds is 16. The molecule has 182 valence electrons. The zero-order chi connectivity index (χ0) is 23.9. The molecule has 6 nitrogen and oxygen atoms in total. The Balaban J connectivity index is 4.36. The van der Waals surface area contributed by atoms with Gasteiger partial charge < -0.3 is 23.4 Å². The summed E-state index contributed by atoms with van der Waals surface area (Å²) in [6.07, 6.45) is 9.69. The van der Waals surface area contributed by atoms with Crippen LogP contribution in [-0.2, 0) is 28.2 Å². The standard InChI is InChI=1S/C24H46O6Si/c1-10-27-23(25)16-13-15-22(29-19-26-7)18-21(3)28-17-12-11-14-20(2)30-31(8,9)24(4,5)6/h11-13,16,20-22H,10,14-15,17-19H2,1-9H3/b12-11+,16-13+/t20-,21-,22+/m1/s1. The van der Waals surface area contributed by atoms with Gasteiger partial charge in [0.1, 0.15) is 6.79 Å². The van der Waals surface area contributed by atoms with Crippen molar-refractivity contribution in [2.45, 2.75) is 97.2 Å². The fourth-order valence-corrected chi connectivity index (χ4v) is 4.10. The SMILES string of the molecule is CCOC(=O)/C=C/C[C@@H](C[C@@H](C)OC/C=C/C[C@@H](C)O[Si](C)(C)C(C)(C)C)OCOC. The molecule has 0 aliphatic heterocycles. The van der Waals surface area contributed by atoms with Gasteiger partial charge in [0.05, 0.1) is 25.4 Å². The van der Waals surface area contributed by atoms with E-state index in [0.29, 0.717) is 26.1 Å². The van der Waals surface area contributed by atoms with Crippen LogP contribution in [0.25, 0.3) is 0 Å². The molecule has 0 amide bonds. The number of esters is 1. The summed E-state index contributed by atoms with van der Waals surface area (Å²) in [5, 5.41) is 0.219. The van der Waals surface area contributed by atoms with Crippen LogP contribution in [0.1, 0.15) is 60.8 Å². The minimum absolute atomic E-state index is 0.0170. The lowest BCUT2D eigenvalue weighted by Crippen LogP contribution is -2.43. The highest BCUT2D eigenvalue weighted by Crippen LogP contribution is 2.37. The van der Waals surface area contributed by atoms with Crippen molar-refractivity contribution >= 4 is 14.3 Å². The third-order valence-electron chi connectivity index (χ3n) is 5.37. The van der Waals surface area contributed by atoms with Crippen molar-refractivity contribution in [2.24, 2.45) is 0 Å². The van der Waals surface area contributed by atoms with Gasteiger partial charge in [0.2, 0.25) is 0 Å². The van der Waals surface area contributed by atoms with Crippen LogP contribution in [0.5, 0.6) is 0 Å². The molecule has 31 heavy (non-hydrogen) atoms. The van der Waals surface area contributed by atoms with E-state index in [1.165, 1.54) is 6.08 Å². The molecular formula is C24H46O6Si. The minimum Gasteiger partial charge on any atom is -0.463 e. The molecule has 0 fully saturated rings. The summed E-state index contributed by atoms with van der Waals surface area (Å²) in [4.78, 5) is 11.4. The van der Waals surface area contributed by atoms with Crippen LogP contribution in [0.4, 0.5) is 0 Å². The van der Waals surface area contributed by atoms with Gasteiger partial charge >= 0.3 is 5.97 Å². The van der Waals surface area contributed by atoms with Crippen molar-refractivity contribution in [2.75, 3.05) is 27.1 Å². The van der Waals surface area contributed by atoms with Crippen LogP contribution in [0, 0.1) is 0 Å². The predicted molar refractivity (Wildman–Crippen MR) is 129 cm³/mol. The first kappa shape index (κ1) is 30.0. The van der Waals surface area contributed by atoms with Crippen LogP contribution in [-0.4, -0.2) is 59.7 Å². The topological polar surface area (TPSA) is 63.2 Å². The van der Waals surface area contributed by atoms with Crippen molar-refractivity contribution in [1.82, 2.24) is 0 Å². The lowest BCUT2D eigenvalue weighted by atomic mass is 10.1. The number of methoxy groups -OCH3 is 1. The smallest absolute Gasteiger partial charge is 0.330 e. The van der Waals surface area contributed by atoms with E-state index in [-0.39, 0.29) is 36.1 Å². The van der Waals surface area contributed by atoms with Crippen molar-refractivity contribution in [3.8, 4) is 0 Å². The monoisotopic (exact) mass is 458 g/mol. The van der Waals surface area contributed by atoms with Crippen LogP contribution in [0.3, 0.4) is 0 Å². The molecule has 0 saturated carbocycles. The van der Waals surface area contributed by atoms with E-state index < -0.39 is 8.32 Å². The molecule has 0 rings (SSSR count). The molecule has 0 aromatic heterocycles. The van der Waals surface area contributed by atoms with Gasteiger partial charge in [0.15, 0.2) is 8.32 Å². The molecular weight excluding hydrogens is 412 g/mol. The first-order valence-electron chi connectivity index (χ1n) is 11.3. The van der Waals surface area contributed by atoms with Crippen LogP contribution >= 0.6 is 0 Å². The molecule has 0 aromatic carbocycles. The highest BCUT2D eigenvalue weighted by Gasteiger charge is 2.38. The minimum atomic E-state index is -1.73. The number of ether oxygens (including phenoxy) is 4. The van der Waals surface area contributed by atoms with E-state index >= 15 is 0 Å². The molecule has 0 aromatic rings. The van der Waals surface area contributed by atoms with Gasteiger partial charge in [-0.25, -0.2) is 4.79 Å². The van der Waals surface area contributed by atoms with E-state index in [1.807, 2.05) is 13.0 Å². The molecule has 7 heteroatoms. The van der Waals surface area contributed by atoms with Gasteiger partial charge in [0.25, 0.3) is 0 Å². The van der Waals surface area contributed by atoms with E-state index in [0.717, 1.165) is 6.42 Å². The maximum atomic E-state index is 11.4. The first-order chi connectivity index (χ1) is 14.4. The second kappa shape index (κ2) is 15.8. The van der Waals surface area contributed by atoms with Crippen LogP contribution in [0.15, 0.2) is 24.3 Å². The average Bonchev–Trinajstić information content (AvgIpc) is 2.64. The number of carbonyl (C=O) groups excluding carboxylic acids is 1. The van der Waals surface area contributed by atoms with Crippen molar-refractivity contribution in [3.05, 3.63) is 24.3 Å². The van der Waals surface area contributed by atoms with Crippen molar-refractivity contribution in [1.29, 1.82) is 0 Å². The fraction of sp³-hybridized carbons (Fsp3) is 0.792. The Kier molecular flexibility index (Phi) is 15.2. The van der Waals surface area contributed by atoms with Gasteiger partial charge in [-0.3, -0.25) is 0 Å². The normalized spacial score (nSPS) is 16.0. The van der Waals surface area contributed by atoms with Gasteiger partial charge in [-0.15, -0.1) is 0 Å². The molecule has 0 aliphatic rings. The number of hydrogen-bond donors (Lipinski definition) is 0. The van der Waals surface area contributed by atoms with E-state index in [4.69, 9.17) is 23.4 Å². The van der Waals surface area contributed by atoms with E-state index in [2.05, 4.69) is 46.9 Å². The van der Waals surface area contributed by atoms with Crippen molar-refractivity contribution < 1.29 is 28.2 Å². The van der Waals surface area contributed by atoms with Crippen LogP contribution < -0.4 is 0 Å². The largest absolute Gasteiger partial charge is 0.463 e. The highest BCUT2D eigenvalue weighted by atomic mass is 28.4. The maximum Gasteiger partial charge on any atom is 0.330 e. The molecule has 3 atom stereocenters. The predicted octanol–water partition coefficient (Wildman–Crippen LogP) is 5.64. The van der Waals surface area contributed by atoms with E-state index in [9.17, 15) is 4.79 Å². The van der Waals surface area contributed by atoms with Gasteiger partial charge in [-0.05, 0) is 58.2 Å². The Morgan fingerprint density at radius 3 is 2.26 bits per heavy atom. The summed E-state index contributed by atoms with van der Waals surface area (Å²) >= 11 is 0. The van der Waals surface area contributed by atoms with Gasteiger partial charge in [-0.2, -0.15) is 0 Å². The molecule has 0 radical (unpaired) electrons. The Hall–Kier alpha value is -0.993. The quantitative estimate of drug-likeness (QED) is 0.0981. The lowest BCUT2D eigenvalue weighted by Gasteiger charge is -2.38. The zero-order valence-corrected chi connectivity index (χ0v) is 22.2. The summed E-state index contributed by atoms with van der Waals surface area (Å²) in [5.41, 5.74) is 0. The fourth-order valence-electron chi connectivity index (χ4n) is 2.64. The third-order valence-corrected chi connectivity index (χ3v) is 9.97. The third kappa shape index (κ3) is 14.6. The second-order valence-corrected chi connectivity index (χ2v) is 14.1. The average molecular weight is 459 g/mol. The summed E-state index contributed by atoms with van der Waals surface area (Å²) in [6, 6.07) is 0. The summed E-state index contributed by atoms with van der Waals surface area (Å²) in [7, 11) is -0.142. The molecule has 0 heterocycles. The summed E-state index contributed by atoms with van der Waals surface area (Å²) in [5.74, 6) is -0.339. The molecule has 0 unspecified atom stereocenters. The molecule has 0 N–H and O–H groups in total. The summed E-state index contributed by atoms with van der Waals surface area (Å²) < 4.78 is 27.9. The Morgan fingerprint density at radius 2 is 1.68 bits per heavy atom. The second-order valence-electron chi connectivity index (χ2n) is 9.36. The summed E-state index contributed by atoms with van der Waals surface area (Å²) in [6.45, 7) is 18.4. The molecule has 0 saturated heterocycles. The first-order valence-corrected chi connectivity index (χ1v) is 14.2. The number of hydrogen-bond acceptors (Lipinski definition) is 6. The number of carbonyl (C=O) groups is 1. The molecule has 0 bridgehead atoms. The molecule has 0 aliphatic carbocycles. The molecule has 0 spiro atoms. The van der Waals surface area contributed by atoms with Gasteiger partial charge in [-0.1, -0.05) is 39.0 Å². The van der Waals surface area contributed by atoms with Gasteiger partial charge in [0, 0.05) is 19.3 Å². The zero-order valence-electron chi connectivity index (χ0n) is 21.2. The van der Waals surface area contributed by atoms with Crippen LogP contribution in [0.2, 0.25) is 18.1 Å². The Morgan fingerprint density at radius 1 is 1.00 bits per heavy atom. The van der Waals surface area contributed by atoms with E-state index in [1.54, 1.807) is 20.1 Å².